The van der Waals surface area contributed by atoms with Gasteiger partial charge in [0, 0.05) is 23.6 Å². The maximum atomic E-state index is 13.8. The molecule has 4 aromatic rings. The van der Waals surface area contributed by atoms with E-state index < -0.39 is 33.7 Å². The van der Waals surface area contributed by atoms with Crippen molar-refractivity contribution in [2.75, 3.05) is 11.4 Å². The zero-order chi connectivity index (χ0) is 27.0. The Bertz CT molecular complexity index is 1600. The van der Waals surface area contributed by atoms with Crippen LogP contribution in [-0.2, 0) is 26.0 Å². The highest BCUT2D eigenvalue weighted by atomic mass is 32.2. The van der Waals surface area contributed by atoms with E-state index in [2.05, 4.69) is 4.98 Å². The number of nitrogens with one attached hydrogen (secondary N) is 1. The number of amides is 2. The summed E-state index contributed by atoms with van der Waals surface area (Å²) in [5, 5.41) is 0.951. The van der Waals surface area contributed by atoms with Crippen molar-refractivity contribution in [3.05, 3.63) is 95.9 Å². The Morgan fingerprint density at radius 3 is 2.37 bits per heavy atom. The van der Waals surface area contributed by atoms with Gasteiger partial charge in [-0.3, -0.25) is 9.59 Å². The highest BCUT2D eigenvalue weighted by molar-refractivity contribution is 7.89. The zero-order valence-electron chi connectivity index (χ0n) is 21.1. The average molecular weight is 534 g/mol. The molecule has 0 radical (unpaired) electrons. The molecule has 1 aliphatic heterocycles. The Morgan fingerprint density at radius 2 is 1.68 bits per heavy atom. The SMILES string of the molecule is CC(C)c1ccc(N2C(=O)CC(N(CCc3c[nH]c4ccccc34)S(=O)(=O)c3ccc(F)cc3)C2=O)cc1. The molecule has 7 nitrogen and oxygen atoms in total. The van der Waals surface area contributed by atoms with Crippen molar-refractivity contribution in [1.29, 1.82) is 0 Å². The molecule has 1 saturated heterocycles. The second-order valence-electron chi connectivity index (χ2n) is 9.71. The van der Waals surface area contributed by atoms with Gasteiger partial charge in [0.1, 0.15) is 11.9 Å². The predicted molar refractivity (Wildman–Crippen MR) is 144 cm³/mol. The molecule has 196 valence electrons. The molecule has 5 rings (SSSR count). The lowest BCUT2D eigenvalue weighted by Crippen LogP contribution is -2.46. The number of sulfonamides is 1. The van der Waals surface area contributed by atoms with Crippen molar-refractivity contribution in [3.63, 3.8) is 0 Å². The quantitative estimate of drug-likeness (QED) is 0.323. The normalized spacial score (nSPS) is 16.3. The Morgan fingerprint density at radius 1 is 1.00 bits per heavy atom. The van der Waals surface area contributed by atoms with E-state index in [1.165, 1.54) is 12.1 Å². The van der Waals surface area contributed by atoms with Gasteiger partial charge in [-0.25, -0.2) is 17.7 Å². The van der Waals surface area contributed by atoms with Crippen molar-refractivity contribution in [2.24, 2.45) is 0 Å². The molecular formula is C29H28FN3O4S. The summed E-state index contributed by atoms with van der Waals surface area (Å²) >= 11 is 0. The lowest BCUT2D eigenvalue weighted by molar-refractivity contribution is -0.122. The summed E-state index contributed by atoms with van der Waals surface area (Å²) in [6.45, 7) is 4.05. The van der Waals surface area contributed by atoms with Gasteiger partial charge in [-0.05, 0) is 65.9 Å². The first kappa shape index (κ1) is 25.8. The van der Waals surface area contributed by atoms with Crippen LogP contribution in [0.15, 0.2) is 83.9 Å². The summed E-state index contributed by atoms with van der Waals surface area (Å²) in [5.41, 5.74) is 3.27. The van der Waals surface area contributed by atoms with Crippen LogP contribution in [0.25, 0.3) is 10.9 Å². The fourth-order valence-corrected chi connectivity index (χ4v) is 6.46. The Balaban J connectivity index is 1.49. The van der Waals surface area contributed by atoms with Gasteiger partial charge in [-0.15, -0.1) is 0 Å². The van der Waals surface area contributed by atoms with E-state index in [9.17, 15) is 22.4 Å². The van der Waals surface area contributed by atoms with Gasteiger partial charge in [-0.1, -0.05) is 44.2 Å². The van der Waals surface area contributed by atoms with E-state index in [1.54, 1.807) is 12.1 Å². The van der Waals surface area contributed by atoms with E-state index in [1.807, 2.05) is 56.4 Å². The molecule has 1 N–H and O–H groups in total. The molecule has 0 bridgehead atoms. The molecule has 1 atom stereocenters. The van der Waals surface area contributed by atoms with Crippen LogP contribution in [0, 0.1) is 5.82 Å². The number of anilines is 1. The molecule has 2 amide bonds. The van der Waals surface area contributed by atoms with Crippen LogP contribution in [0.5, 0.6) is 0 Å². The fourth-order valence-electron chi connectivity index (χ4n) is 4.88. The van der Waals surface area contributed by atoms with Gasteiger partial charge in [0.05, 0.1) is 17.0 Å². The number of aromatic amines is 1. The smallest absolute Gasteiger partial charge is 0.252 e. The molecule has 1 aliphatic rings. The zero-order valence-corrected chi connectivity index (χ0v) is 21.9. The van der Waals surface area contributed by atoms with Gasteiger partial charge in [0.25, 0.3) is 5.91 Å². The third kappa shape index (κ3) is 4.75. The van der Waals surface area contributed by atoms with Crippen LogP contribution in [0.4, 0.5) is 10.1 Å². The molecule has 3 aromatic carbocycles. The Kier molecular flexibility index (Phi) is 6.90. The van der Waals surface area contributed by atoms with Crippen molar-refractivity contribution >= 4 is 38.4 Å². The summed E-state index contributed by atoms with van der Waals surface area (Å²) in [6, 6.07) is 18.1. The number of carbonyl (C=O) groups is 2. The number of hydrogen-bond acceptors (Lipinski definition) is 4. The highest BCUT2D eigenvalue weighted by Gasteiger charge is 2.46. The van der Waals surface area contributed by atoms with Gasteiger partial charge in [-0.2, -0.15) is 4.31 Å². The standard InChI is InChI=1S/C29H28FN3O4S/c1-19(2)20-7-11-23(12-8-20)33-28(34)17-27(29(33)35)32(38(36,37)24-13-9-22(30)10-14-24)16-15-21-18-31-26-6-4-3-5-25(21)26/h3-14,18-19,27,31H,15-17H2,1-2H3. The van der Waals surface area contributed by atoms with Crippen LogP contribution < -0.4 is 4.90 Å². The lowest BCUT2D eigenvalue weighted by atomic mass is 10.0. The van der Waals surface area contributed by atoms with Gasteiger partial charge in [0.15, 0.2) is 0 Å². The molecule has 0 spiro atoms. The summed E-state index contributed by atoms with van der Waals surface area (Å²) in [5.74, 6) is -1.36. The number of hydrogen-bond donors (Lipinski definition) is 1. The molecule has 1 aromatic heterocycles. The van der Waals surface area contributed by atoms with Crippen molar-refractivity contribution in [3.8, 4) is 0 Å². The molecule has 1 unspecified atom stereocenters. The van der Waals surface area contributed by atoms with Crippen molar-refractivity contribution in [2.45, 2.75) is 43.5 Å². The number of imide groups is 1. The monoisotopic (exact) mass is 533 g/mol. The second-order valence-corrected chi connectivity index (χ2v) is 11.6. The third-order valence-corrected chi connectivity index (χ3v) is 8.91. The third-order valence-electron chi connectivity index (χ3n) is 6.99. The van der Waals surface area contributed by atoms with Crippen LogP contribution in [0.3, 0.4) is 0 Å². The molecule has 0 saturated carbocycles. The minimum absolute atomic E-state index is 0.0363. The number of aromatic nitrogens is 1. The van der Waals surface area contributed by atoms with Crippen molar-refractivity contribution < 1.29 is 22.4 Å². The molecule has 9 heteroatoms. The molecule has 2 heterocycles. The van der Waals surface area contributed by atoms with Crippen LogP contribution in [0.2, 0.25) is 0 Å². The average Bonchev–Trinajstić information content (AvgIpc) is 3.44. The van der Waals surface area contributed by atoms with Crippen LogP contribution in [0.1, 0.15) is 37.3 Å². The summed E-state index contributed by atoms with van der Waals surface area (Å²) in [6.07, 6.45) is 1.85. The maximum Gasteiger partial charge on any atom is 0.252 e. The highest BCUT2D eigenvalue weighted by Crippen LogP contribution is 2.31. The topological polar surface area (TPSA) is 90.6 Å². The number of nitrogens with zero attached hydrogens (tertiary/aromatic N) is 2. The van der Waals surface area contributed by atoms with E-state index in [0.29, 0.717) is 12.1 Å². The summed E-state index contributed by atoms with van der Waals surface area (Å²) < 4.78 is 42.2. The van der Waals surface area contributed by atoms with E-state index in [0.717, 1.165) is 43.4 Å². The lowest BCUT2D eigenvalue weighted by Gasteiger charge is -2.27. The van der Waals surface area contributed by atoms with Crippen LogP contribution in [-0.4, -0.2) is 42.1 Å². The maximum absolute atomic E-state index is 13.8. The molecule has 0 aliphatic carbocycles. The number of H-pyrrole nitrogens is 1. The van der Waals surface area contributed by atoms with Gasteiger partial charge in [0.2, 0.25) is 15.9 Å². The number of carbonyl (C=O) groups excluding carboxylic acids is 2. The van der Waals surface area contributed by atoms with Gasteiger partial charge < -0.3 is 4.98 Å². The first-order valence-electron chi connectivity index (χ1n) is 12.5. The Labute approximate surface area is 220 Å². The second kappa shape index (κ2) is 10.2. The molecular weight excluding hydrogens is 505 g/mol. The van der Waals surface area contributed by atoms with Crippen molar-refractivity contribution in [1.82, 2.24) is 9.29 Å². The first-order chi connectivity index (χ1) is 18.2. The summed E-state index contributed by atoms with van der Waals surface area (Å²) in [4.78, 5) is 30.8. The summed E-state index contributed by atoms with van der Waals surface area (Å²) in [7, 11) is -4.23. The minimum Gasteiger partial charge on any atom is -0.361 e. The largest absolute Gasteiger partial charge is 0.361 e. The van der Waals surface area contributed by atoms with E-state index >= 15 is 0 Å². The van der Waals surface area contributed by atoms with Gasteiger partial charge >= 0.3 is 0 Å². The predicted octanol–water partition coefficient (Wildman–Crippen LogP) is 5.00. The number of rotatable bonds is 8. The minimum atomic E-state index is -4.23. The van der Waals surface area contributed by atoms with Crippen LogP contribution >= 0.6 is 0 Å². The number of fused-ring (bicyclic) bond motifs is 1. The van der Waals surface area contributed by atoms with E-state index in [4.69, 9.17) is 0 Å². The molecule has 1 fully saturated rings. The molecule has 38 heavy (non-hydrogen) atoms. The van der Waals surface area contributed by atoms with E-state index in [-0.39, 0.29) is 23.8 Å². The fraction of sp³-hybridized carbons (Fsp3) is 0.241. The first-order valence-corrected chi connectivity index (χ1v) is 13.9. The number of halogens is 1. The number of benzene rings is 3. The number of para-hydroxylation sites is 1. The Hall–Kier alpha value is -3.82.